The highest BCUT2D eigenvalue weighted by Crippen LogP contribution is 2.25. The summed E-state index contributed by atoms with van der Waals surface area (Å²) in [5.74, 6) is -0.0276. The van der Waals surface area contributed by atoms with Gasteiger partial charge in [-0.15, -0.1) is 36.2 Å². The third kappa shape index (κ3) is 4.39. The molecule has 4 nitrogen and oxygen atoms in total. The lowest BCUT2D eigenvalue weighted by molar-refractivity contribution is -0.127. The Bertz CT molecular complexity index is 353. The van der Waals surface area contributed by atoms with Crippen LogP contribution in [0.2, 0.25) is 0 Å². The van der Waals surface area contributed by atoms with Crippen LogP contribution in [0.3, 0.4) is 0 Å². The maximum absolute atomic E-state index is 12.0. The molecule has 0 aromatic carbocycles. The number of nitrogens with zero attached hydrogens (tertiary/aromatic N) is 1. The number of hydrogen-bond donors (Lipinski definition) is 2. The van der Waals surface area contributed by atoms with Gasteiger partial charge >= 0.3 is 0 Å². The van der Waals surface area contributed by atoms with Crippen molar-refractivity contribution in [2.75, 3.05) is 0 Å². The highest BCUT2D eigenvalue weighted by molar-refractivity contribution is 7.07. The van der Waals surface area contributed by atoms with Crippen molar-refractivity contribution >= 4 is 42.1 Å². The summed E-state index contributed by atoms with van der Waals surface area (Å²) < 4.78 is 0. The largest absolute Gasteiger partial charge is 0.349 e. The summed E-state index contributed by atoms with van der Waals surface area (Å²) in [4.78, 5) is 16.1. The van der Waals surface area contributed by atoms with Crippen LogP contribution >= 0.6 is 36.2 Å². The molecular weight excluding hydrogens is 293 g/mol. The first-order valence-electron chi connectivity index (χ1n) is 5.65. The first-order chi connectivity index (χ1) is 7.71. The van der Waals surface area contributed by atoms with Gasteiger partial charge in [-0.2, -0.15) is 0 Å². The molecule has 0 aliphatic heterocycles. The Kier molecular flexibility index (Phi) is 7.78. The van der Waals surface area contributed by atoms with E-state index in [1.54, 1.807) is 5.51 Å². The minimum Gasteiger partial charge on any atom is -0.349 e. The van der Waals surface area contributed by atoms with Crippen molar-refractivity contribution in [3.05, 3.63) is 16.6 Å². The van der Waals surface area contributed by atoms with Gasteiger partial charge in [0.25, 0.3) is 0 Å². The molecule has 2 rings (SSSR count). The third-order valence-electron chi connectivity index (χ3n) is 3.11. The summed E-state index contributed by atoms with van der Waals surface area (Å²) in [6.07, 6.45) is 4.91. The maximum Gasteiger partial charge on any atom is 0.240 e. The van der Waals surface area contributed by atoms with E-state index in [1.807, 2.05) is 5.38 Å². The molecule has 1 aliphatic carbocycles. The van der Waals surface area contributed by atoms with Crippen LogP contribution in [0, 0.1) is 0 Å². The van der Waals surface area contributed by atoms with Crippen molar-refractivity contribution in [3.8, 4) is 0 Å². The fourth-order valence-corrected chi connectivity index (χ4v) is 2.64. The molecule has 1 aromatic heterocycles. The molecule has 1 fully saturated rings. The molecule has 1 saturated carbocycles. The lowest BCUT2D eigenvalue weighted by atomic mass is 9.82. The summed E-state index contributed by atoms with van der Waals surface area (Å²) in [6, 6.07) is 0. The first kappa shape index (κ1) is 17.6. The number of hydrogen-bond acceptors (Lipinski definition) is 4. The quantitative estimate of drug-likeness (QED) is 0.899. The smallest absolute Gasteiger partial charge is 0.240 e. The van der Waals surface area contributed by atoms with Gasteiger partial charge in [0.1, 0.15) is 0 Å². The molecule has 7 heteroatoms. The molecular formula is C11H19Cl2N3OS. The molecule has 1 heterocycles. The summed E-state index contributed by atoms with van der Waals surface area (Å²) in [5, 5.41) is 4.81. The Morgan fingerprint density at radius 3 is 2.61 bits per heavy atom. The van der Waals surface area contributed by atoms with E-state index in [9.17, 15) is 4.79 Å². The monoisotopic (exact) mass is 311 g/mol. The number of carbonyl (C=O) groups excluding carboxylic acids is 1. The molecule has 0 spiro atoms. The topological polar surface area (TPSA) is 68.0 Å². The minimum atomic E-state index is -0.645. The van der Waals surface area contributed by atoms with Gasteiger partial charge in [-0.05, 0) is 12.8 Å². The van der Waals surface area contributed by atoms with Gasteiger partial charge in [0.05, 0.1) is 23.3 Å². The number of amides is 1. The second kappa shape index (κ2) is 7.94. The lowest BCUT2D eigenvalue weighted by Gasteiger charge is -2.31. The number of carbonyl (C=O) groups is 1. The van der Waals surface area contributed by atoms with Gasteiger partial charge in [0.15, 0.2) is 0 Å². The molecule has 104 valence electrons. The van der Waals surface area contributed by atoms with E-state index >= 15 is 0 Å². The molecule has 0 saturated heterocycles. The van der Waals surface area contributed by atoms with E-state index in [0.29, 0.717) is 6.54 Å². The Morgan fingerprint density at radius 2 is 2.06 bits per heavy atom. The van der Waals surface area contributed by atoms with Gasteiger partial charge in [0, 0.05) is 5.38 Å². The molecule has 0 bridgehead atoms. The predicted octanol–water partition coefficient (Wildman–Crippen LogP) is 2.26. The summed E-state index contributed by atoms with van der Waals surface area (Å²) in [7, 11) is 0. The van der Waals surface area contributed by atoms with Crippen LogP contribution in [-0.4, -0.2) is 16.4 Å². The van der Waals surface area contributed by atoms with Gasteiger partial charge < -0.3 is 11.1 Å². The van der Waals surface area contributed by atoms with Crippen molar-refractivity contribution in [2.24, 2.45) is 5.73 Å². The number of halogens is 2. The number of thiazole rings is 1. The standard InChI is InChI=1S/C11H17N3OS.2ClH/c12-11(4-2-1-3-5-11)10(15)13-6-9-7-16-8-14-9;;/h7-8H,1-6,12H2,(H,13,15);2*1H. The molecule has 1 aromatic rings. The molecule has 3 N–H and O–H groups in total. The Balaban J connectivity index is 0.00000144. The molecule has 1 aliphatic rings. The van der Waals surface area contributed by atoms with Crippen molar-refractivity contribution in [3.63, 3.8) is 0 Å². The lowest BCUT2D eigenvalue weighted by Crippen LogP contribution is -2.54. The van der Waals surface area contributed by atoms with Crippen molar-refractivity contribution in [1.82, 2.24) is 10.3 Å². The molecule has 0 unspecified atom stereocenters. The van der Waals surface area contributed by atoms with E-state index in [0.717, 1.165) is 31.4 Å². The predicted molar refractivity (Wildman–Crippen MR) is 78.5 cm³/mol. The van der Waals surface area contributed by atoms with E-state index in [1.165, 1.54) is 17.8 Å². The SMILES string of the molecule is Cl.Cl.NC1(C(=O)NCc2cscn2)CCCCC1. The summed E-state index contributed by atoms with van der Waals surface area (Å²) in [5.41, 5.74) is 8.13. The number of nitrogens with one attached hydrogen (secondary N) is 1. The van der Waals surface area contributed by atoms with Crippen molar-refractivity contribution < 1.29 is 4.79 Å². The Morgan fingerprint density at radius 1 is 1.39 bits per heavy atom. The summed E-state index contributed by atoms with van der Waals surface area (Å²) >= 11 is 1.53. The Hall–Kier alpha value is -0.360. The zero-order chi connectivity index (χ0) is 11.4. The van der Waals surface area contributed by atoms with Gasteiger partial charge in [-0.25, -0.2) is 4.98 Å². The highest BCUT2D eigenvalue weighted by atomic mass is 35.5. The van der Waals surface area contributed by atoms with Crippen LogP contribution in [0.5, 0.6) is 0 Å². The average molecular weight is 312 g/mol. The number of nitrogens with two attached hydrogens (primary N) is 1. The normalized spacial score (nSPS) is 17.2. The molecule has 18 heavy (non-hydrogen) atoms. The van der Waals surface area contributed by atoms with Crippen LogP contribution < -0.4 is 11.1 Å². The highest BCUT2D eigenvalue weighted by Gasteiger charge is 2.34. The van der Waals surface area contributed by atoms with Crippen LogP contribution in [-0.2, 0) is 11.3 Å². The van der Waals surface area contributed by atoms with Crippen LogP contribution in [0.1, 0.15) is 37.8 Å². The third-order valence-corrected chi connectivity index (χ3v) is 3.75. The van der Waals surface area contributed by atoms with Crippen LogP contribution in [0.4, 0.5) is 0 Å². The number of rotatable bonds is 3. The Labute approximate surface area is 124 Å². The maximum atomic E-state index is 12.0. The zero-order valence-electron chi connectivity index (χ0n) is 10.1. The second-order valence-corrected chi connectivity index (χ2v) is 5.10. The van der Waals surface area contributed by atoms with Gasteiger partial charge in [0.2, 0.25) is 5.91 Å². The first-order valence-corrected chi connectivity index (χ1v) is 6.59. The van der Waals surface area contributed by atoms with Gasteiger partial charge in [-0.1, -0.05) is 19.3 Å². The average Bonchev–Trinajstić information content (AvgIpc) is 2.79. The summed E-state index contributed by atoms with van der Waals surface area (Å²) in [6.45, 7) is 0.487. The van der Waals surface area contributed by atoms with E-state index in [-0.39, 0.29) is 30.7 Å². The van der Waals surface area contributed by atoms with E-state index in [4.69, 9.17) is 5.73 Å². The molecule has 1 amide bonds. The fourth-order valence-electron chi connectivity index (χ4n) is 2.08. The van der Waals surface area contributed by atoms with Crippen molar-refractivity contribution in [2.45, 2.75) is 44.2 Å². The van der Waals surface area contributed by atoms with Crippen LogP contribution in [0.25, 0.3) is 0 Å². The molecule has 0 atom stereocenters. The fraction of sp³-hybridized carbons (Fsp3) is 0.636. The number of aromatic nitrogens is 1. The second-order valence-electron chi connectivity index (χ2n) is 4.38. The molecule has 0 radical (unpaired) electrons. The van der Waals surface area contributed by atoms with Gasteiger partial charge in [-0.3, -0.25) is 4.79 Å². The van der Waals surface area contributed by atoms with E-state index in [2.05, 4.69) is 10.3 Å². The van der Waals surface area contributed by atoms with Crippen LogP contribution in [0.15, 0.2) is 10.9 Å². The van der Waals surface area contributed by atoms with Crippen molar-refractivity contribution in [1.29, 1.82) is 0 Å². The van der Waals surface area contributed by atoms with E-state index < -0.39 is 5.54 Å². The zero-order valence-corrected chi connectivity index (χ0v) is 12.5. The minimum absolute atomic E-state index is 0.